The Morgan fingerprint density at radius 1 is 0.821 bits per heavy atom. The minimum atomic E-state index is -0.692. The third-order valence-electron chi connectivity index (χ3n) is 4.55. The van der Waals surface area contributed by atoms with Crippen molar-refractivity contribution in [3.8, 4) is 0 Å². The van der Waals surface area contributed by atoms with Gasteiger partial charge in [-0.2, -0.15) is 0 Å². The molecule has 1 atom stereocenters. The fourth-order valence-corrected chi connectivity index (χ4v) is 3.17. The van der Waals surface area contributed by atoms with Crippen molar-refractivity contribution in [1.29, 1.82) is 0 Å². The van der Waals surface area contributed by atoms with Crippen LogP contribution in [0.1, 0.15) is 91.5 Å². The normalized spacial score (nSPS) is 13.0. The Labute approximate surface area is 172 Å². The van der Waals surface area contributed by atoms with Crippen molar-refractivity contribution in [1.82, 2.24) is 0 Å². The molecule has 0 aromatic heterocycles. The molecule has 0 aliphatic carbocycles. The SMILES string of the molecule is CCCCCCCCCC(Cc1cccc(F)c1)OC(OC(C)C)OC(C)C. The van der Waals surface area contributed by atoms with Gasteiger partial charge >= 0.3 is 0 Å². The van der Waals surface area contributed by atoms with Crippen molar-refractivity contribution in [3.05, 3.63) is 35.6 Å². The lowest BCUT2D eigenvalue weighted by molar-refractivity contribution is -0.326. The van der Waals surface area contributed by atoms with E-state index in [0.29, 0.717) is 6.42 Å². The molecule has 162 valence electrons. The Balaban J connectivity index is 2.62. The molecule has 0 saturated heterocycles. The maximum Gasteiger partial charge on any atom is 0.272 e. The van der Waals surface area contributed by atoms with Crippen LogP contribution in [0, 0.1) is 5.82 Å². The molecule has 0 fully saturated rings. The van der Waals surface area contributed by atoms with E-state index in [-0.39, 0.29) is 24.1 Å². The monoisotopic (exact) mass is 396 g/mol. The summed E-state index contributed by atoms with van der Waals surface area (Å²) in [4.78, 5) is 0. The fraction of sp³-hybridized carbons (Fsp3) is 0.750. The summed E-state index contributed by atoms with van der Waals surface area (Å²) < 4.78 is 31.4. The van der Waals surface area contributed by atoms with Crippen LogP contribution in [-0.2, 0) is 20.6 Å². The lowest BCUT2D eigenvalue weighted by Crippen LogP contribution is -2.32. The van der Waals surface area contributed by atoms with E-state index in [4.69, 9.17) is 14.2 Å². The first kappa shape index (κ1) is 25.1. The Kier molecular flexibility index (Phi) is 13.4. The number of unbranched alkanes of at least 4 members (excludes halogenated alkanes) is 6. The summed E-state index contributed by atoms with van der Waals surface area (Å²) in [5, 5.41) is 0. The summed E-state index contributed by atoms with van der Waals surface area (Å²) in [6.45, 7) is 9.43. The van der Waals surface area contributed by atoms with Gasteiger partial charge in [0.15, 0.2) is 0 Å². The van der Waals surface area contributed by atoms with Crippen molar-refractivity contribution in [2.75, 3.05) is 0 Å². The molecule has 0 radical (unpaired) electrons. The number of halogens is 1. The summed E-state index contributed by atoms with van der Waals surface area (Å²) >= 11 is 0. The lowest BCUT2D eigenvalue weighted by Gasteiger charge is -2.28. The molecular weight excluding hydrogens is 355 g/mol. The van der Waals surface area contributed by atoms with Crippen molar-refractivity contribution in [3.63, 3.8) is 0 Å². The van der Waals surface area contributed by atoms with Crippen LogP contribution >= 0.6 is 0 Å². The molecule has 0 bridgehead atoms. The molecule has 0 saturated carbocycles. The van der Waals surface area contributed by atoms with Crippen molar-refractivity contribution in [2.45, 2.75) is 117 Å². The topological polar surface area (TPSA) is 27.7 Å². The predicted octanol–water partition coefficient (Wildman–Crippen LogP) is 7.03. The Hall–Kier alpha value is -0.970. The molecule has 1 aromatic carbocycles. The molecular formula is C24H41FO3. The van der Waals surface area contributed by atoms with E-state index in [1.807, 2.05) is 33.8 Å². The molecule has 3 nitrogen and oxygen atoms in total. The van der Waals surface area contributed by atoms with Crippen LogP contribution in [0.25, 0.3) is 0 Å². The Morgan fingerprint density at radius 2 is 1.43 bits per heavy atom. The third-order valence-corrected chi connectivity index (χ3v) is 4.55. The summed E-state index contributed by atoms with van der Waals surface area (Å²) in [5.74, 6) is -0.208. The summed E-state index contributed by atoms with van der Waals surface area (Å²) in [5.41, 5.74) is 0.945. The van der Waals surface area contributed by atoms with Gasteiger partial charge in [-0.3, -0.25) is 0 Å². The van der Waals surface area contributed by atoms with E-state index in [2.05, 4.69) is 6.92 Å². The molecule has 0 heterocycles. The Bertz CT molecular complexity index is 494. The minimum absolute atomic E-state index is 0.0112. The van der Waals surface area contributed by atoms with Gasteiger partial charge in [0.25, 0.3) is 6.48 Å². The maximum absolute atomic E-state index is 13.6. The van der Waals surface area contributed by atoms with Gasteiger partial charge in [-0.1, -0.05) is 64.0 Å². The summed E-state index contributed by atoms with van der Waals surface area (Å²) in [7, 11) is 0. The van der Waals surface area contributed by atoms with Gasteiger partial charge in [-0.05, 0) is 58.2 Å². The summed E-state index contributed by atoms with van der Waals surface area (Å²) in [6.07, 6.45) is 10.3. The average molecular weight is 397 g/mol. The second kappa shape index (κ2) is 14.9. The minimum Gasteiger partial charge on any atom is -0.327 e. The second-order valence-corrected chi connectivity index (χ2v) is 8.16. The lowest BCUT2D eigenvalue weighted by atomic mass is 10.0. The molecule has 1 rings (SSSR count). The summed E-state index contributed by atoms with van der Waals surface area (Å²) in [6, 6.07) is 6.76. The quantitative estimate of drug-likeness (QED) is 0.222. The first-order valence-electron chi connectivity index (χ1n) is 11.1. The largest absolute Gasteiger partial charge is 0.327 e. The smallest absolute Gasteiger partial charge is 0.272 e. The van der Waals surface area contributed by atoms with E-state index in [1.54, 1.807) is 12.1 Å². The molecule has 0 spiro atoms. The molecule has 1 unspecified atom stereocenters. The number of rotatable bonds is 16. The zero-order valence-electron chi connectivity index (χ0n) is 18.6. The van der Waals surface area contributed by atoms with Gasteiger partial charge < -0.3 is 14.2 Å². The molecule has 0 aliphatic heterocycles. The van der Waals surface area contributed by atoms with Crippen LogP contribution in [0.3, 0.4) is 0 Å². The van der Waals surface area contributed by atoms with Gasteiger partial charge in [0.2, 0.25) is 0 Å². The molecule has 0 N–H and O–H groups in total. The van der Waals surface area contributed by atoms with Gasteiger partial charge in [0.05, 0.1) is 18.3 Å². The fourth-order valence-electron chi connectivity index (χ4n) is 3.17. The van der Waals surface area contributed by atoms with E-state index >= 15 is 0 Å². The predicted molar refractivity (Wildman–Crippen MR) is 114 cm³/mol. The molecule has 0 amide bonds. The molecule has 0 aliphatic rings. The number of hydrogen-bond acceptors (Lipinski definition) is 3. The van der Waals surface area contributed by atoms with Gasteiger partial charge in [0, 0.05) is 0 Å². The molecule has 4 heteroatoms. The molecule has 28 heavy (non-hydrogen) atoms. The zero-order valence-corrected chi connectivity index (χ0v) is 18.6. The number of hydrogen-bond donors (Lipinski definition) is 0. The zero-order chi connectivity index (χ0) is 20.8. The average Bonchev–Trinajstić information content (AvgIpc) is 2.59. The van der Waals surface area contributed by atoms with Crippen LogP contribution < -0.4 is 0 Å². The third kappa shape index (κ3) is 12.5. The highest BCUT2D eigenvalue weighted by Gasteiger charge is 2.21. The highest BCUT2D eigenvalue weighted by molar-refractivity contribution is 5.17. The van der Waals surface area contributed by atoms with Crippen LogP contribution in [0.4, 0.5) is 4.39 Å². The highest BCUT2D eigenvalue weighted by Crippen LogP contribution is 2.19. The second-order valence-electron chi connectivity index (χ2n) is 8.16. The van der Waals surface area contributed by atoms with Crippen LogP contribution in [0.2, 0.25) is 0 Å². The van der Waals surface area contributed by atoms with E-state index in [9.17, 15) is 4.39 Å². The van der Waals surface area contributed by atoms with Crippen LogP contribution in [0.15, 0.2) is 24.3 Å². The first-order valence-corrected chi connectivity index (χ1v) is 11.1. The van der Waals surface area contributed by atoms with Crippen molar-refractivity contribution in [2.24, 2.45) is 0 Å². The van der Waals surface area contributed by atoms with Gasteiger partial charge in [0.1, 0.15) is 5.82 Å². The number of benzene rings is 1. The van der Waals surface area contributed by atoms with E-state index in [0.717, 1.165) is 18.4 Å². The van der Waals surface area contributed by atoms with Crippen LogP contribution in [-0.4, -0.2) is 24.8 Å². The van der Waals surface area contributed by atoms with E-state index in [1.165, 1.54) is 44.6 Å². The first-order chi connectivity index (χ1) is 13.4. The standard InChI is InChI=1S/C24H41FO3/c1-6-7-8-9-10-11-12-16-23(18-21-14-13-15-22(25)17-21)28-24(26-19(2)3)27-20(4)5/h13-15,17,19-20,23-24H,6-12,16,18H2,1-5H3. The van der Waals surface area contributed by atoms with E-state index < -0.39 is 6.48 Å². The van der Waals surface area contributed by atoms with Gasteiger partial charge in [-0.15, -0.1) is 0 Å². The van der Waals surface area contributed by atoms with Crippen molar-refractivity contribution >= 4 is 0 Å². The highest BCUT2D eigenvalue weighted by atomic mass is 19.1. The molecule has 1 aromatic rings. The maximum atomic E-state index is 13.6. The Morgan fingerprint density at radius 3 is 2.00 bits per heavy atom. The number of ether oxygens (including phenoxy) is 3. The van der Waals surface area contributed by atoms with Crippen LogP contribution in [0.5, 0.6) is 0 Å². The van der Waals surface area contributed by atoms with Gasteiger partial charge in [-0.25, -0.2) is 4.39 Å². The van der Waals surface area contributed by atoms with Crippen molar-refractivity contribution < 1.29 is 18.6 Å².